The quantitative estimate of drug-likeness (QED) is 0.599. The van der Waals surface area contributed by atoms with E-state index in [-0.39, 0.29) is 0 Å². The molecule has 2 rings (SSSR count). The van der Waals surface area contributed by atoms with E-state index in [0.717, 1.165) is 48.1 Å². The van der Waals surface area contributed by atoms with Crippen molar-refractivity contribution in [1.29, 1.82) is 0 Å². The van der Waals surface area contributed by atoms with Crippen LogP contribution in [0.2, 0.25) is 0 Å². The van der Waals surface area contributed by atoms with Crippen LogP contribution in [0.1, 0.15) is 42.4 Å². The van der Waals surface area contributed by atoms with E-state index in [1.54, 1.807) is 12.2 Å². The molecule has 4 nitrogen and oxygen atoms in total. The van der Waals surface area contributed by atoms with Crippen LogP contribution < -0.4 is 0 Å². The van der Waals surface area contributed by atoms with Crippen molar-refractivity contribution in [2.75, 3.05) is 0 Å². The summed E-state index contributed by atoms with van der Waals surface area (Å²) >= 11 is 0. The van der Waals surface area contributed by atoms with Crippen LogP contribution in [0, 0.1) is 6.92 Å². The van der Waals surface area contributed by atoms with Crippen LogP contribution >= 0.6 is 0 Å². The molecule has 2 bridgehead atoms. The normalized spacial score (nSPS) is 14.4. The van der Waals surface area contributed by atoms with Gasteiger partial charge in [-0.25, -0.2) is 9.59 Å². The van der Waals surface area contributed by atoms with Crippen molar-refractivity contribution in [3.63, 3.8) is 0 Å². The highest BCUT2D eigenvalue weighted by molar-refractivity contribution is 5.69. The summed E-state index contributed by atoms with van der Waals surface area (Å²) in [4.78, 5) is 28.8. The summed E-state index contributed by atoms with van der Waals surface area (Å²) in [6.45, 7) is 1.91. The molecule has 4 heteroatoms. The van der Waals surface area contributed by atoms with Gasteiger partial charge in [-0.3, -0.25) is 0 Å². The van der Waals surface area contributed by atoms with Gasteiger partial charge >= 0.3 is 0 Å². The highest BCUT2D eigenvalue weighted by Crippen LogP contribution is 2.37. The zero-order valence-electron chi connectivity index (χ0n) is 11.0. The van der Waals surface area contributed by atoms with Gasteiger partial charge in [0.05, 0.1) is 11.4 Å². The molecule has 0 aliphatic heterocycles. The number of carbonyl (C=O) groups excluding carboxylic acids is 2. The topological polar surface area (TPSA) is 58.9 Å². The summed E-state index contributed by atoms with van der Waals surface area (Å²) in [7, 11) is 0. The molecule has 1 aliphatic rings. The first-order valence-corrected chi connectivity index (χ1v) is 6.59. The molecule has 1 aliphatic carbocycles. The number of fused-ring (bicyclic) bond motifs is 2. The Morgan fingerprint density at radius 1 is 1.00 bits per heavy atom. The van der Waals surface area contributed by atoms with Crippen LogP contribution in [-0.2, 0) is 22.4 Å². The van der Waals surface area contributed by atoms with Crippen LogP contribution in [0.15, 0.2) is 16.1 Å². The first kappa shape index (κ1) is 13.4. The third-order valence-electron chi connectivity index (χ3n) is 3.68. The maximum Gasteiger partial charge on any atom is 0.240 e. The number of benzene rings is 1. The van der Waals surface area contributed by atoms with E-state index in [0.29, 0.717) is 5.69 Å². The van der Waals surface area contributed by atoms with E-state index < -0.39 is 0 Å². The summed E-state index contributed by atoms with van der Waals surface area (Å²) in [5.41, 5.74) is 4.31. The average Bonchev–Trinajstić information content (AvgIpc) is 2.47. The Bertz CT molecular complexity index is 580. The smallest absolute Gasteiger partial charge is 0.211 e. The van der Waals surface area contributed by atoms with Crippen LogP contribution in [0.25, 0.3) is 0 Å². The van der Waals surface area contributed by atoms with Crippen LogP contribution in [0.5, 0.6) is 0 Å². The third kappa shape index (κ3) is 2.87. The summed E-state index contributed by atoms with van der Waals surface area (Å²) in [5, 5.41) is 0. The Labute approximate surface area is 112 Å². The standard InChI is InChI=1S/C15H16N2O2/c1-11-13-7-5-3-2-4-6-12(15(13)17-10-19)8-14(11)16-9-18/h8H,2-7H2,1H3. The summed E-state index contributed by atoms with van der Waals surface area (Å²) < 4.78 is 0. The highest BCUT2D eigenvalue weighted by atomic mass is 16.1. The predicted molar refractivity (Wildman–Crippen MR) is 72.6 cm³/mol. The first-order valence-electron chi connectivity index (χ1n) is 6.59. The maximum atomic E-state index is 10.6. The monoisotopic (exact) mass is 256 g/mol. The summed E-state index contributed by atoms with van der Waals surface area (Å²) in [6.07, 6.45) is 9.44. The molecule has 0 amide bonds. The maximum absolute atomic E-state index is 10.6. The van der Waals surface area contributed by atoms with Gasteiger partial charge in [-0.2, -0.15) is 9.98 Å². The van der Waals surface area contributed by atoms with Crippen molar-refractivity contribution in [2.45, 2.75) is 45.4 Å². The van der Waals surface area contributed by atoms with Gasteiger partial charge in [0.25, 0.3) is 0 Å². The molecule has 98 valence electrons. The zero-order valence-corrected chi connectivity index (χ0v) is 11.0. The van der Waals surface area contributed by atoms with Crippen molar-refractivity contribution in [1.82, 2.24) is 0 Å². The molecule has 1 aromatic carbocycles. The molecule has 1 aromatic rings. The molecule has 0 unspecified atom stereocenters. The minimum absolute atomic E-state index is 0.645. The number of aliphatic imine (C=N–C) groups is 2. The number of aryl methyl sites for hydroxylation is 1. The molecule has 0 N–H and O–H groups in total. The summed E-state index contributed by atoms with van der Waals surface area (Å²) in [5.74, 6) is 0. The molecule has 0 radical (unpaired) electrons. The van der Waals surface area contributed by atoms with Gasteiger partial charge in [-0.05, 0) is 55.4 Å². The van der Waals surface area contributed by atoms with E-state index in [1.807, 2.05) is 13.0 Å². The largest absolute Gasteiger partial charge is 0.240 e. The Kier molecular flexibility index (Phi) is 4.40. The summed E-state index contributed by atoms with van der Waals surface area (Å²) in [6, 6.07) is 1.85. The minimum atomic E-state index is 0.645. The van der Waals surface area contributed by atoms with Crippen molar-refractivity contribution in [2.24, 2.45) is 9.98 Å². The predicted octanol–water partition coefficient (Wildman–Crippen LogP) is 3.59. The number of nitrogens with zero attached hydrogens (tertiary/aromatic N) is 2. The van der Waals surface area contributed by atoms with Gasteiger partial charge in [-0.1, -0.05) is 12.8 Å². The molecule has 0 fully saturated rings. The lowest BCUT2D eigenvalue weighted by molar-refractivity contribution is 0.564. The molecule has 0 spiro atoms. The second-order valence-corrected chi connectivity index (χ2v) is 4.83. The van der Waals surface area contributed by atoms with Crippen molar-refractivity contribution < 1.29 is 9.59 Å². The van der Waals surface area contributed by atoms with E-state index in [2.05, 4.69) is 9.98 Å². The number of isocyanates is 2. The Balaban J connectivity index is 2.68. The molecule has 0 atom stereocenters. The Hall–Kier alpha value is -2.02. The zero-order chi connectivity index (χ0) is 13.7. The second kappa shape index (κ2) is 6.24. The third-order valence-corrected chi connectivity index (χ3v) is 3.68. The van der Waals surface area contributed by atoms with Crippen LogP contribution in [0.3, 0.4) is 0 Å². The molecular formula is C15H16N2O2. The van der Waals surface area contributed by atoms with E-state index >= 15 is 0 Å². The van der Waals surface area contributed by atoms with E-state index in [4.69, 9.17) is 0 Å². The fraction of sp³-hybridized carbons (Fsp3) is 0.467. The molecule has 19 heavy (non-hydrogen) atoms. The van der Waals surface area contributed by atoms with Crippen LogP contribution in [-0.4, -0.2) is 12.2 Å². The van der Waals surface area contributed by atoms with Crippen molar-refractivity contribution in [3.8, 4) is 0 Å². The van der Waals surface area contributed by atoms with Gasteiger partial charge in [0.15, 0.2) is 0 Å². The van der Waals surface area contributed by atoms with Gasteiger partial charge in [-0.15, -0.1) is 0 Å². The Morgan fingerprint density at radius 2 is 1.68 bits per heavy atom. The fourth-order valence-corrected chi connectivity index (χ4v) is 2.69. The lowest BCUT2D eigenvalue weighted by Gasteiger charge is -2.13. The highest BCUT2D eigenvalue weighted by Gasteiger charge is 2.16. The SMILES string of the molecule is Cc1c(N=C=O)cc2c(N=C=O)c1CCCCCC2. The van der Waals surface area contributed by atoms with Gasteiger partial charge in [0.1, 0.15) is 0 Å². The Morgan fingerprint density at radius 3 is 2.37 bits per heavy atom. The lowest BCUT2D eigenvalue weighted by atomic mass is 9.95. The lowest BCUT2D eigenvalue weighted by Crippen LogP contribution is -1.95. The molecule has 0 saturated heterocycles. The number of hydrogen-bond acceptors (Lipinski definition) is 4. The van der Waals surface area contributed by atoms with Crippen molar-refractivity contribution >= 4 is 23.5 Å². The number of hydrogen-bond donors (Lipinski definition) is 0. The fourth-order valence-electron chi connectivity index (χ4n) is 2.69. The van der Waals surface area contributed by atoms with Gasteiger partial charge < -0.3 is 0 Å². The van der Waals surface area contributed by atoms with Gasteiger partial charge in [0, 0.05) is 0 Å². The van der Waals surface area contributed by atoms with Crippen molar-refractivity contribution in [3.05, 3.63) is 22.8 Å². The number of rotatable bonds is 2. The average molecular weight is 256 g/mol. The molecule has 0 heterocycles. The van der Waals surface area contributed by atoms with Gasteiger partial charge in [0.2, 0.25) is 12.2 Å². The van der Waals surface area contributed by atoms with Crippen LogP contribution in [0.4, 0.5) is 11.4 Å². The van der Waals surface area contributed by atoms with E-state index in [9.17, 15) is 9.59 Å². The molecule has 0 saturated carbocycles. The minimum Gasteiger partial charge on any atom is -0.211 e. The first-order chi connectivity index (χ1) is 9.27. The van der Waals surface area contributed by atoms with E-state index in [1.165, 1.54) is 12.8 Å². The second-order valence-electron chi connectivity index (χ2n) is 4.83. The molecular weight excluding hydrogens is 240 g/mol. The molecule has 0 aromatic heterocycles.